The third-order valence-corrected chi connectivity index (χ3v) is 2.00. The van der Waals surface area contributed by atoms with Crippen LogP contribution in [0.5, 0.6) is 0 Å². The maximum Gasteiger partial charge on any atom is 0.0531 e. The molecular weight excluding hydrogens is 126 g/mol. The SMILES string of the molecule is C=C(CN)C1CCCOC1. The van der Waals surface area contributed by atoms with Gasteiger partial charge in [-0.2, -0.15) is 0 Å². The van der Waals surface area contributed by atoms with E-state index < -0.39 is 0 Å². The number of nitrogens with two attached hydrogens (primary N) is 1. The Kier molecular flexibility index (Phi) is 2.90. The van der Waals surface area contributed by atoms with Gasteiger partial charge in [0.2, 0.25) is 0 Å². The highest BCUT2D eigenvalue weighted by molar-refractivity contribution is 5.02. The standard InChI is InChI=1S/C8H15NO/c1-7(5-9)8-3-2-4-10-6-8/h8H,1-6,9H2. The van der Waals surface area contributed by atoms with E-state index in [1.807, 2.05) is 0 Å². The summed E-state index contributed by atoms with van der Waals surface area (Å²) in [4.78, 5) is 0. The molecule has 1 unspecified atom stereocenters. The van der Waals surface area contributed by atoms with Gasteiger partial charge >= 0.3 is 0 Å². The molecule has 1 fully saturated rings. The molecule has 0 amide bonds. The fourth-order valence-electron chi connectivity index (χ4n) is 1.23. The van der Waals surface area contributed by atoms with Gasteiger partial charge in [-0.25, -0.2) is 0 Å². The Morgan fingerprint density at radius 1 is 1.70 bits per heavy atom. The van der Waals surface area contributed by atoms with Crippen LogP contribution in [0.3, 0.4) is 0 Å². The summed E-state index contributed by atoms with van der Waals surface area (Å²) in [5.74, 6) is 0.527. The lowest BCUT2D eigenvalue weighted by Crippen LogP contribution is -2.22. The van der Waals surface area contributed by atoms with Crippen LogP contribution in [0.1, 0.15) is 12.8 Å². The van der Waals surface area contributed by atoms with Crippen molar-refractivity contribution in [1.29, 1.82) is 0 Å². The second-order valence-electron chi connectivity index (χ2n) is 2.78. The minimum Gasteiger partial charge on any atom is -0.381 e. The number of rotatable bonds is 2. The molecule has 0 aromatic rings. The van der Waals surface area contributed by atoms with Crippen molar-refractivity contribution in [3.63, 3.8) is 0 Å². The van der Waals surface area contributed by atoms with Gasteiger partial charge in [0.1, 0.15) is 0 Å². The van der Waals surface area contributed by atoms with Crippen molar-refractivity contribution in [3.8, 4) is 0 Å². The van der Waals surface area contributed by atoms with E-state index >= 15 is 0 Å². The van der Waals surface area contributed by atoms with E-state index in [2.05, 4.69) is 6.58 Å². The van der Waals surface area contributed by atoms with Crippen molar-refractivity contribution in [2.75, 3.05) is 19.8 Å². The van der Waals surface area contributed by atoms with Crippen molar-refractivity contribution in [3.05, 3.63) is 12.2 Å². The van der Waals surface area contributed by atoms with Gasteiger partial charge in [0.05, 0.1) is 6.61 Å². The van der Waals surface area contributed by atoms with Gasteiger partial charge in [-0.15, -0.1) is 0 Å². The summed E-state index contributed by atoms with van der Waals surface area (Å²) in [7, 11) is 0. The van der Waals surface area contributed by atoms with Crippen molar-refractivity contribution >= 4 is 0 Å². The smallest absolute Gasteiger partial charge is 0.0531 e. The maximum atomic E-state index is 5.45. The average Bonchev–Trinajstić information content (AvgIpc) is 2.05. The third kappa shape index (κ3) is 1.82. The summed E-state index contributed by atoms with van der Waals surface area (Å²) in [6, 6.07) is 0. The number of ether oxygens (including phenoxy) is 1. The van der Waals surface area contributed by atoms with E-state index in [9.17, 15) is 0 Å². The lowest BCUT2D eigenvalue weighted by Gasteiger charge is -2.22. The van der Waals surface area contributed by atoms with E-state index in [1.54, 1.807) is 0 Å². The van der Waals surface area contributed by atoms with Crippen LogP contribution in [0, 0.1) is 5.92 Å². The zero-order chi connectivity index (χ0) is 7.40. The van der Waals surface area contributed by atoms with E-state index in [4.69, 9.17) is 10.5 Å². The second kappa shape index (κ2) is 3.74. The fourth-order valence-corrected chi connectivity index (χ4v) is 1.23. The van der Waals surface area contributed by atoms with Crippen LogP contribution < -0.4 is 5.73 Å². The molecule has 0 aromatic carbocycles. The van der Waals surface area contributed by atoms with E-state index in [-0.39, 0.29) is 0 Å². The molecule has 1 aliphatic heterocycles. The predicted octanol–water partition coefficient (Wildman–Crippen LogP) is 0.928. The van der Waals surface area contributed by atoms with Crippen molar-refractivity contribution in [2.24, 2.45) is 11.7 Å². The van der Waals surface area contributed by atoms with Gasteiger partial charge in [0, 0.05) is 19.1 Å². The fraction of sp³-hybridized carbons (Fsp3) is 0.750. The molecule has 2 nitrogen and oxygen atoms in total. The first-order valence-corrected chi connectivity index (χ1v) is 3.80. The van der Waals surface area contributed by atoms with Crippen molar-refractivity contribution in [2.45, 2.75) is 12.8 Å². The van der Waals surface area contributed by atoms with E-state index in [1.165, 1.54) is 6.42 Å². The predicted molar refractivity (Wildman–Crippen MR) is 41.7 cm³/mol. The molecule has 0 aliphatic carbocycles. The van der Waals surface area contributed by atoms with Crippen LogP contribution in [0.15, 0.2) is 12.2 Å². The highest BCUT2D eigenvalue weighted by Crippen LogP contribution is 2.19. The molecule has 1 aliphatic rings. The summed E-state index contributed by atoms with van der Waals surface area (Å²) < 4.78 is 5.29. The van der Waals surface area contributed by atoms with Gasteiger partial charge in [-0.3, -0.25) is 0 Å². The van der Waals surface area contributed by atoms with Crippen molar-refractivity contribution < 1.29 is 4.74 Å². The minimum absolute atomic E-state index is 0.527. The van der Waals surface area contributed by atoms with Gasteiger partial charge in [0.25, 0.3) is 0 Å². The summed E-state index contributed by atoms with van der Waals surface area (Å²) in [6.07, 6.45) is 2.36. The first kappa shape index (κ1) is 7.76. The van der Waals surface area contributed by atoms with Gasteiger partial charge in [-0.1, -0.05) is 12.2 Å². The molecule has 0 spiro atoms. The Hall–Kier alpha value is -0.340. The van der Waals surface area contributed by atoms with Crippen LogP contribution in [-0.4, -0.2) is 19.8 Å². The highest BCUT2D eigenvalue weighted by atomic mass is 16.5. The van der Waals surface area contributed by atoms with Crippen LogP contribution in [0.25, 0.3) is 0 Å². The van der Waals surface area contributed by atoms with Gasteiger partial charge in [0.15, 0.2) is 0 Å². The Labute approximate surface area is 62.1 Å². The van der Waals surface area contributed by atoms with Gasteiger partial charge < -0.3 is 10.5 Å². The topological polar surface area (TPSA) is 35.2 Å². The lowest BCUT2D eigenvalue weighted by molar-refractivity contribution is 0.0671. The Bertz CT molecular complexity index is 116. The zero-order valence-corrected chi connectivity index (χ0v) is 6.31. The lowest BCUT2D eigenvalue weighted by atomic mass is 9.95. The molecule has 10 heavy (non-hydrogen) atoms. The summed E-state index contributed by atoms with van der Waals surface area (Å²) in [5.41, 5.74) is 6.59. The van der Waals surface area contributed by atoms with Gasteiger partial charge in [-0.05, 0) is 12.8 Å². The maximum absolute atomic E-state index is 5.45. The monoisotopic (exact) mass is 141 g/mol. The van der Waals surface area contributed by atoms with Crippen molar-refractivity contribution in [1.82, 2.24) is 0 Å². The molecule has 1 rings (SSSR count). The number of hydrogen-bond donors (Lipinski definition) is 1. The van der Waals surface area contributed by atoms with Crippen LogP contribution >= 0.6 is 0 Å². The molecular formula is C8H15NO. The van der Waals surface area contributed by atoms with E-state index in [0.29, 0.717) is 12.5 Å². The quantitative estimate of drug-likeness (QED) is 0.580. The molecule has 1 saturated heterocycles. The third-order valence-electron chi connectivity index (χ3n) is 2.00. The van der Waals surface area contributed by atoms with Crippen LogP contribution in [0.2, 0.25) is 0 Å². The highest BCUT2D eigenvalue weighted by Gasteiger charge is 2.15. The first-order chi connectivity index (χ1) is 4.84. The number of hydrogen-bond acceptors (Lipinski definition) is 2. The molecule has 2 heteroatoms. The average molecular weight is 141 g/mol. The molecule has 0 bridgehead atoms. The Morgan fingerprint density at radius 2 is 2.50 bits per heavy atom. The minimum atomic E-state index is 0.527. The summed E-state index contributed by atoms with van der Waals surface area (Å²) in [5, 5.41) is 0. The Morgan fingerprint density at radius 3 is 3.00 bits per heavy atom. The zero-order valence-electron chi connectivity index (χ0n) is 6.31. The van der Waals surface area contributed by atoms with Crippen LogP contribution in [0.4, 0.5) is 0 Å². The molecule has 1 atom stereocenters. The molecule has 0 radical (unpaired) electrons. The second-order valence-corrected chi connectivity index (χ2v) is 2.78. The summed E-state index contributed by atoms with van der Waals surface area (Å²) in [6.45, 7) is 6.24. The first-order valence-electron chi connectivity index (χ1n) is 3.80. The molecule has 0 aromatic heterocycles. The largest absolute Gasteiger partial charge is 0.381 e. The molecule has 2 N–H and O–H groups in total. The molecule has 1 heterocycles. The van der Waals surface area contributed by atoms with E-state index in [0.717, 1.165) is 25.2 Å². The normalized spacial score (nSPS) is 26.3. The Balaban J connectivity index is 2.31. The molecule has 0 saturated carbocycles. The summed E-state index contributed by atoms with van der Waals surface area (Å²) >= 11 is 0. The van der Waals surface area contributed by atoms with Crippen LogP contribution in [-0.2, 0) is 4.74 Å². The molecule has 58 valence electrons.